The van der Waals surface area contributed by atoms with Crippen LogP contribution in [0.15, 0.2) is 24.1 Å². The molecule has 1 rings (SSSR count). The Hall–Kier alpha value is 0.586. The van der Waals surface area contributed by atoms with E-state index >= 15 is 0 Å². The Balaban J connectivity index is 0.000000810. The van der Waals surface area contributed by atoms with E-state index in [2.05, 4.69) is 0 Å². The van der Waals surface area contributed by atoms with Gasteiger partial charge in [-0.15, -0.1) is 0 Å². The zero-order chi connectivity index (χ0) is 6.91. The maximum absolute atomic E-state index is 12.8. The topological polar surface area (TPSA) is 0 Å². The Morgan fingerprint density at radius 2 is 2.20 bits per heavy atom. The summed E-state index contributed by atoms with van der Waals surface area (Å²) >= 11 is 1.23. The van der Waals surface area contributed by atoms with E-state index in [1.165, 1.54) is 33.9 Å². The predicted octanol–water partition coefficient (Wildman–Crippen LogP) is -1.36. The van der Waals surface area contributed by atoms with Crippen LogP contribution in [0.2, 0.25) is 0 Å². The largest absolute Gasteiger partial charge is 1.00 e. The summed E-state index contributed by atoms with van der Waals surface area (Å²) in [5.41, 5.74) is 0. The van der Waals surface area contributed by atoms with E-state index < -0.39 is 3.80 Å². The molecule has 0 aliphatic heterocycles. The van der Waals surface area contributed by atoms with Crippen LogP contribution in [0.5, 0.6) is 0 Å². The molecule has 1 unspecified atom stereocenters. The molecule has 0 aromatic carbocycles. The van der Waals surface area contributed by atoms with Crippen molar-refractivity contribution in [3.8, 4) is 0 Å². The van der Waals surface area contributed by atoms with Gasteiger partial charge in [0, 0.05) is 0 Å². The summed E-state index contributed by atoms with van der Waals surface area (Å²) in [5, 5.41) is 0. The van der Waals surface area contributed by atoms with Gasteiger partial charge in [-0.2, -0.15) is 0 Å². The first kappa shape index (κ1) is 10.6. The molecule has 0 radical (unpaired) electrons. The third-order valence-corrected chi connectivity index (χ3v) is 1.70. The van der Waals surface area contributed by atoms with E-state index in [-0.39, 0.29) is 29.2 Å². The van der Waals surface area contributed by atoms with Gasteiger partial charge in [-0.1, -0.05) is 0 Å². The van der Waals surface area contributed by atoms with Crippen molar-refractivity contribution >= 4 is 21.7 Å². The maximum atomic E-state index is 12.8. The number of hydrogen-bond acceptors (Lipinski definition) is 0. The first-order valence-electron chi connectivity index (χ1n) is 2.69. The number of allylic oxidation sites excluding steroid dienone is 4. The first-order chi connectivity index (χ1) is 4.10. The van der Waals surface area contributed by atoms with E-state index in [1.54, 1.807) is 0 Å². The van der Waals surface area contributed by atoms with Crippen molar-refractivity contribution in [3.05, 3.63) is 24.1 Å². The molecule has 0 aromatic heterocycles. The fourth-order valence-corrected chi connectivity index (χ4v) is 0.894. The summed E-state index contributed by atoms with van der Waals surface area (Å²) in [6.45, 7) is 0. The Labute approximate surface area is 81.6 Å². The zero-order valence-corrected chi connectivity index (χ0v) is 8.28. The zero-order valence-electron chi connectivity index (χ0n) is 5.28. The molecule has 1 aliphatic rings. The Bertz CT molecular complexity index is 175. The van der Waals surface area contributed by atoms with Gasteiger partial charge >= 0.3 is 64.8 Å². The van der Waals surface area contributed by atoms with Gasteiger partial charge in [0.2, 0.25) is 0 Å². The van der Waals surface area contributed by atoms with Crippen molar-refractivity contribution in [2.24, 2.45) is 0 Å². The normalized spacial score (nSPS) is 31.0. The molecule has 0 amide bonds. The van der Waals surface area contributed by atoms with Crippen molar-refractivity contribution in [3.63, 3.8) is 0 Å². The molecule has 0 aromatic rings. The summed E-state index contributed by atoms with van der Waals surface area (Å²) in [5.74, 6) is -0.338. The predicted molar refractivity (Wildman–Crippen MR) is 32.5 cm³/mol. The van der Waals surface area contributed by atoms with Crippen LogP contribution < -0.4 is 17.0 Å². The fourth-order valence-electron chi connectivity index (χ4n) is 0.632. The third-order valence-electron chi connectivity index (χ3n) is 1.18. The van der Waals surface area contributed by atoms with Gasteiger partial charge in [0.05, 0.1) is 0 Å². The maximum Gasteiger partial charge on any atom is -1.00 e. The second kappa shape index (κ2) is 3.83. The minimum atomic E-state index is -1.31. The Morgan fingerprint density at radius 1 is 1.60 bits per heavy atom. The second-order valence-electron chi connectivity index (χ2n) is 2.16. The molecule has 0 N–H and O–H groups in total. The van der Waals surface area contributed by atoms with Gasteiger partial charge in [0.15, 0.2) is 0 Å². The van der Waals surface area contributed by atoms with Crippen LogP contribution in [-0.2, 0) is 0 Å². The SMILES string of the molecule is FC1=CC[C](F)([Mg+])C=C1.[Br-]. The summed E-state index contributed by atoms with van der Waals surface area (Å²) in [6, 6.07) is 0. The van der Waals surface area contributed by atoms with Crippen LogP contribution in [0.4, 0.5) is 8.78 Å². The molecular weight excluding hydrogens is 214 g/mol. The van der Waals surface area contributed by atoms with E-state index in [0.717, 1.165) is 6.08 Å². The molecule has 0 saturated heterocycles. The Kier molecular flexibility index (Phi) is 4.05. The van der Waals surface area contributed by atoms with Crippen LogP contribution >= 0.6 is 0 Å². The molecule has 4 heteroatoms. The van der Waals surface area contributed by atoms with Crippen LogP contribution in [0.3, 0.4) is 0 Å². The van der Waals surface area contributed by atoms with Gasteiger partial charge < -0.3 is 17.0 Å². The molecule has 0 spiro atoms. The van der Waals surface area contributed by atoms with E-state index in [0.29, 0.717) is 0 Å². The molecule has 0 saturated carbocycles. The Morgan fingerprint density at radius 3 is 2.50 bits per heavy atom. The van der Waals surface area contributed by atoms with E-state index in [4.69, 9.17) is 0 Å². The minimum Gasteiger partial charge on any atom is -1.00 e. The first-order valence-corrected chi connectivity index (χ1v) is 3.40. The van der Waals surface area contributed by atoms with Crippen molar-refractivity contribution in [2.75, 3.05) is 0 Å². The number of alkyl halides is 1. The van der Waals surface area contributed by atoms with Crippen molar-refractivity contribution < 1.29 is 25.8 Å². The molecule has 52 valence electrons. The summed E-state index contributed by atoms with van der Waals surface area (Å²) in [7, 11) is 0. The molecule has 1 atom stereocenters. The number of rotatable bonds is 0. The van der Waals surface area contributed by atoms with Crippen molar-refractivity contribution in [1.82, 2.24) is 0 Å². The van der Waals surface area contributed by atoms with E-state index in [9.17, 15) is 8.78 Å². The van der Waals surface area contributed by atoms with Crippen LogP contribution in [0.25, 0.3) is 0 Å². The second-order valence-corrected chi connectivity index (χ2v) is 3.34. The average Bonchev–Trinajstić information content (AvgIpc) is 1.78. The van der Waals surface area contributed by atoms with Crippen LogP contribution in [0, 0.1) is 0 Å². The van der Waals surface area contributed by atoms with Gasteiger partial charge in [0.1, 0.15) is 0 Å². The smallest absolute Gasteiger partial charge is 1.00 e. The summed E-state index contributed by atoms with van der Waals surface area (Å²) in [6.07, 6.45) is 3.83. The fraction of sp³-hybridized carbons (Fsp3) is 0.333. The molecule has 10 heavy (non-hydrogen) atoms. The van der Waals surface area contributed by atoms with Gasteiger partial charge in [-0.3, -0.25) is 0 Å². The quantitative estimate of drug-likeness (QED) is 0.441. The van der Waals surface area contributed by atoms with E-state index in [1.807, 2.05) is 0 Å². The van der Waals surface area contributed by atoms with Crippen LogP contribution in [-0.4, -0.2) is 25.5 Å². The van der Waals surface area contributed by atoms with Crippen LogP contribution in [0.1, 0.15) is 6.42 Å². The summed E-state index contributed by atoms with van der Waals surface area (Å²) in [4.78, 5) is 0. The third kappa shape index (κ3) is 3.12. The van der Waals surface area contributed by atoms with Crippen molar-refractivity contribution in [1.29, 1.82) is 0 Å². The standard InChI is InChI=1S/C6H5F2.BrH.Mg/c7-5-1-2-6(8)4-3-5;;/h1-3H,4H2;1H;/q;;+1/p-1. The van der Waals surface area contributed by atoms with Gasteiger partial charge in [-0.05, 0) is 0 Å². The molecule has 0 heterocycles. The molecular formula is C6H5BrF2Mg. The number of hydrogen-bond donors (Lipinski definition) is 0. The molecule has 0 fully saturated rings. The van der Waals surface area contributed by atoms with Gasteiger partial charge in [0.25, 0.3) is 0 Å². The van der Waals surface area contributed by atoms with Gasteiger partial charge in [-0.25, -0.2) is 0 Å². The van der Waals surface area contributed by atoms with Crippen molar-refractivity contribution in [2.45, 2.75) is 10.2 Å². The molecule has 1 aliphatic carbocycles. The molecule has 0 nitrogen and oxygen atoms in total. The monoisotopic (exact) mass is 218 g/mol. The number of halogens is 3. The molecule has 0 bridgehead atoms. The average molecular weight is 219 g/mol. The summed E-state index contributed by atoms with van der Waals surface area (Å²) < 4.78 is 23.6. The minimum absolute atomic E-state index is 0.